The molecule has 0 aliphatic carbocycles. The van der Waals surface area contributed by atoms with E-state index in [9.17, 15) is 4.79 Å². The molecule has 1 amide bonds. The van der Waals surface area contributed by atoms with Gasteiger partial charge in [-0.25, -0.2) is 9.97 Å². The molecule has 0 saturated carbocycles. The van der Waals surface area contributed by atoms with Crippen LogP contribution in [-0.2, 0) is 0 Å². The predicted octanol–water partition coefficient (Wildman–Crippen LogP) is 1.04. The van der Waals surface area contributed by atoms with Crippen LogP contribution in [0, 0.1) is 0 Å². The minimum Gasteiger partial charge on any atom is -0.494 e. The van der Waals surface area contributed by atoms with Crippen molar-refractivity contribution < 1.29 is 9.53 Å². The molecule has 1 saturated heterocycles. The number of ether oxygens (including phenoxy) is 1. The van der Waals surface area contributed by atoms with Crippen molar-refractivity contribution >= 4 is 5.91 Å². The van der Waals surface area contributed by atoms with Gasteiger partial charge >= 0.3 is 0 Å². The molecule has 2 heterocycles. The Morgan fingerprint density at radius 1 is 1.40 bits per heavy atom. The smallest absolute Gasteiger partial charge is 0.291 e. The van der Waals surface area contributed by atoms with E-state index in [1.165, 1.54) is 12.4 Å². The van der Waals surface area contributed by atoms with Crippen molar-refractivity contribution in [2.75, 3.05) is 33.8 Å². The molecular formula is C14H22N4O2. The van der Waals surface area contributed by atoms with Gasteiger partial charge in [-0.05, 0) is 26.4 Å². The minimum atomic E-state index is -0.0881. The third-order valence-electron chi connectivity index (χ3n) is 3.69. The van der Waals surface area contributed by atoms with Gasteiger partial charge in [-0.2, -0.15) is 0 Å². The number of amides is 1. The average Bonchev–Trinajstić information content (AvgIpc) is 2.67. The Bertz CT molecular complexity index is 449. The zero-order valence-electron chi connectivity index (χ0n) is 12.4. The number of hydrogen-bond donors (Lipinski definition) is 0. The Morgan fingerprint density at radius 2 is 2.10 bits per heavy atom. The van der Waals surface area contributed by atoms with E-state index < -0.39 is 0 Å². The summed E-state index contributed by atoms with van der Waals surface area (Å²) in [6.07, 6.45) is 4.98. The van der Waals surface area contributed by atoms with Gasteiger partial charge in [-0.3, -0.25) is 4.79 Å². The third-order valence-corrected chi connectivity index (χ3v) is 3.69. The van der Waals surface area contributed by atoms with Crippen molar-refractivity contribution in [3.8, 4) is 5.75 Å². The van der Waals surface area contributed by atoms with E-state index in [0.717, 1.165) is 32.5 Å². The Kier molecular flexibility index (Phi) is 4.89. The topological polar surface area (TPSA) is 58.6 Å². The van der Waals surface area contributed by atoms with Crippen molar-refractivity contribution in [1.82, 2.24) is 19.8 Å². The van der Waals surface area contributed by atoms with Gasteiger partial charge < -0.3 is 14.5 Å². The highest BCUT2D eigenvalue weighted by molar-refractivity contribution is 5.90. The molecule has 1 aromatic rings. The van der Waals surface area contributed by atoms with Crippen molar-refractivity contribution in [3.05, 3.63) is 18.2 Å². The second kappa shape index (κ2) is 6.65. The summed E-state index contributed by atoms with van der Waals surface area (Å²) < 4.78 is 5.01. The second-order valence-corrected chi connectivity index (χ2v) is 5.12. The fraction of sp³-hybridized carbons (Fsp3) is 0.643. The number of methoxy groups -OCH3 is 1. The summed E-state index contributed by atoms with van der Waals surface area (Å²) in [6, 6.07) is 0.223. The van der Waals surface area contributed by atoms with Crippen LogP contribution < -0.4 is 4.74 Å². The van der Waals surface area contributed by atoms with E-state index in [2.05, 4.69) is 28.8 Å². The summed E-state index contributed by atoms with van der Waals surface area (Å²) in [4.78, 5) is 25.0. The highest BCUT2D eigenvalue weighted by atomic mass is 16.5. The van der Waals surface area contributed by atoms with Gasteiger partial charge in [0, 0.05) is 19.1 Å². The highest BCUT2D eigenvalue weighted by Gasteiger charge is 2.28. The van der Waals surface area contributed by atoms with Crippen molar-refractivity contribution in [3.63, 3.8) is 0 Å². The maximum atomic E-state index is 12.6. The van der Waals surface area contributed by atoms with E-state index in [-0.39, 0.29) is 17.8 Å². The minimum absolute atomic E-state index is 0.0881. The van der Waals surface area contributed by atoms with Crippen LogP contribution in [0.1, 0.15) is 30.4 Å². The molecule has 1 unspecified atom stereocenters. The molecule has 110 valence electrons. The van der Waals surface area contributed by atoms with Crippen LogP contribution in [0.25, 0.3) is 0 Å². The first-order chi connectivity index (χ1) is 9.65. The third kappa shape index (κ3) is 3.25. The Labute approximate surface area is 119 Å². The molecule has 1 aliphatic rings. The van der Waals surface area contributed by atoms with Gasteiger partial charge in [0.25, 0.3) is 5.91 Å². The maximum absolute atomic E-state index is 12.6. The van der Waals surface area contributed by atoms with E-state index >= 15 is 0 Å². The zero-order valence-corrected chi connectivity index (χ0v) is 12.4. The van der Waals surface area contributed by atoms with E-state index in [0.29, 0.717) is 5.75 Å². The molecule has 2 rings (SSSR count). The molecule has 0 N–H and O–H groups in total. The van der Waals surface area contributed by atoms with Gasteiger partial charge in [0.2, 0.25) is 5.82 Å². The lowest BCUT2D eigenvalue weighted by atomic mass is 10.2. The van der Waals surface area contributed by atoms with Crippen molar-refractivity contribution in [2.45, 2.75) is 25.8 Å². The molecule has 6 nitrogen and oxygen atoms in total. The predicted molar refractivity (Wildman–Crippen MR) is 75.8 cm³/mol. The lowest BCUT2D eigenvalue weighted by Crippen LogP contribution is -2.44. The van der Waals surface area contributed by atoms with Gasteiger partial charge in [0.05, 0.1) is 19.5 Å². The van der Waals surface area contributed by atoms with Crippen LogP contribution >= 0.6 is 0 Å². The Balaban J connectivity index is 2.16. The summed E-state index contributed by atoms with van der Waals surface area (Å²) in [5.41, 5.74) is 0. The number of nitrogens with zero attached hydrogens (tertiary/aromatic N) is 4. The van der Waals surface area contributed by atoms with Crippen LogP contribution in [0.3, 0.4) is 0 Å². The summed E-state index contributed by atoms with van der Waals surface area (Å²) in [6.45, 7) is 4.79. The Hall–Kier alpha value is -1.69. The van der Waals surface area contributed by atoms with Crippen molar-refractivity contribution in [2.24, 2.45) is 0 Å². The molecule has 20 heavy (non-hydrogen) atoms. The summed E-state index contributed by atoms with van der Waals surface area (Å²) in [5, 5.41) is 0. The zero-order chi connectivity index (χ0) is 14.5. The van der Waals surface area contributed by atoms with Crippen LogP contribution in [0.15, 0.2) is 12.4 Å². The van der Waals surface area contributed by atoms with E-state index in [1.54, 1.807) is 7.11 Å². The molecule has 1 atom stereocenters. The lowest BCUT2D eigenvalue weighted by Gasteiger charge is -2.29. The highest BCUT2D eigenvalue weighted by Crippen LogP contribution is 2.15. The molecule has 0 bridgehead atoms. The van der Waals surface area contributed by atoms with Gasteiger partial charge in [-0.1, -0.05) is 6.92 Å². The fourth-order valence-electron chi connectivity index (χ4n) is 2.52. The molecule has 1 aliphatic heterocycles. The number of carbonyl (C=O) groups is 1. The molecule has 0 spiro atoms. The Morgan fingerprint density at radius 3 is 2.70 bits per heavy atom. The molecule has 1 aromatic heterocycles. The van der Waals surface area contributed by atoms with Crippen molar-refractivity contribution in [1.29, 1.82) is 0 Å². The molecule has 6 heteroatoms. The van der Waals surface area contributed by atoms with Crippen LogP contribution in [0.4, 0.5) is 0 Å². The molecular weight excluding hydrogens is 256 g/mol. The van der Waals surface area contributed by atoms with E-state index in [4.69, 9.17) is 4.74 Å². The number of aromatic nitrogens is 2. The lowest BCUT2D eigenvalue weighted by molar-refractivity contribution is 0.0663. The fourth-order valence-corrected chi connectivity index (χ4v) is 2.52. The number of carbonyl (C=O) groups excluding carboxylic acids is 1. The van der Waals surface area contributed by atoms with Crippen LogP contribution in [-0.4, -0.2) is 65.5 Å². The molecule has 0 aromatic carbocycles. The normalized spacial score (nSPS) is 20.6. The standard InChI is InChI=1S/C14H22N4O2/c1-4-11-10-17(2)6-5-7-18(11)14(19)13-15-8-12(20-3)9-16-13/h8-9,11H,4-7,10H2,1-3H3. The van der Waals surface area contributed by atoms with Crippen LogP contribution in [0.2, 0.25) is 0 Å². The van der Waals surface area contributed by atoms with E-state index in [1.807, 2.05) is 4.90 Å². The summed E-state index contributed by atoms with van der Waals surface area (Å²) >= 11 is 0. The monoisotopic (exact) mass is 278 g/mol. The van der Waals surface area contributed by atoms with Crippen LogP contribution in [0.5, 0.6) is 5.75 Å². The number of rotatable bonds is 3. The first kappa shape index (κ1) is 14.7. The summed E-state index contributed by atoms with van der Waals surface area (Å²) in [5.74, 6) is 0.716. The number of hydrogen-bond acceptors (Lipinski definition) is 5. The molecule has 0 radical (unpaired) electrons. The average molecular weight is 278 g/mol. The van der Waals surface area contributed by atoms with Gasteiger partial charge in [-0.15, -0.1) is 0 Å². The SMILES string of the molecule is CCC1CN(C)CCCN1C(=O)c1ncc(OC)cn1. The second-order valence-electron chi connectivity index (χ2n) is 5.12. The summed E-state index contributed by atoms with van der Waals surface area (Å²) in [7, 11) is 3.65. The first-order valence-electron chi connectivity index (χ1n) is 7.01. The maximum Gasteiger partial charge on any atom is 0.291 e. The molecule has 1 fully saturated rings. The van der Waals surface area contributed by atoms with Gasteiger partial charge in [0.15, 0.2) is 5.75 Å². The quantitative estimate of drug-likeness (QED) is 0.827. The number of likely N-dealkylation sites (N-methyl/N-ethyl adjacent to an activating group) is 1. The largest absolute Gasteiger partial charge is 0.494 e. The first-order valence-corrected chi connectivity index (χ1v) is 7.01. The van der Waals surface area contributed by atoms with Gasteiger partial charge in [0.1, 0.15) is 0 Å².